The Bertz CT molecular complexity index is 331. The molecule has 1 rings (SSSR count). The molecule has 0 bridgehead atoms. The lowest BCUT2D eigenvalue weighted by Gasteiger charge is -2.18. The number of nitrogens with zero attached hydrogens (tertiary/aromatic N) is 2. The molecule has 6 nitrogen and oxygen atoms in total. The molecular formula is C10H16N2O4. The zero-order chi connectivity index (χ0) is 12.0. The number of aliphatic hydroxyl groups excluding tert-OH is 1. The van der Waals surface area contributed by atoms with Crippen molar-refractivity contribution in [2.75, 3.05) is 19.7 Å². The molecule has 0 aliphatic rings. The average molecular weight is 228 g/mol. The molecule has 0 aromatic carbocycles. The van der Waals surface area contributed by atoms with E-state index in [1.807, 2.05) is 11.8 Å². The van der Waals surface area contributed by atoms with Gasteiger partial charge in [0.1, 0.15) is 0 Å². The molecule has 0 amide bonds. The molecule has 1 aromatic heterocycles. The highest BCUT2D eigenvalue weighted by Crippen LogP contribution is 2.07. The molecule has 1 aromatic rings. The molecule has 0 saturated carbocycles. The van der Waals surface area contributed by atoms with E-state index in [1.54, 1.807) is 0 Å². The van der Waals surface area contributed by atoms with Gasteiger partial charge in [0.05, 0.1) is 13.2 Å². The number of carbonyl (C=O) groups is 1. The van der Waals surface area contributed by atoms with Crippen LogP contribution in [0.15, 0.2) is 10.6 Å². The van der Waals surface area contributed by atoms with Gasteiger partial charge in [-0.25, -0.2) is 4.79 Å². The second-order valence-corrected chi connectivity index (χ2v) is 3.48. The highest BCUT2D eigenvalue weighted by Gasteiger charge is 2.13. The van der Waals surface area contributed by atoms with Gasteiger partial charge in [0.2, 0.25) is 0 Å². The van der Waals surface area contributed by atoms with Crippen LogP contribution < -0.4 is 0 Å². The summed E-state index contributed by atoms with van der Waals surface area (Å²) in [6.45, 7) is 3.93. The third-order valence-electron chi connectivity index (χ3n) is 2.11. The third kappa shape index (κ3) is 3.63. The third-order valence-corrected chi connectivity index (χ3v) is 2.11. The lowest BCUT2D eigenvalue weighted by molar-refractivity contribution is 0.0685. The van der Waals surface area contributed by atoms with Crippen molar-refractivity contribution >= 4 is 5.97 Å². The van der Waals surface area contributed by atoms with Crippen LogP contribution in [0.4, 0.5) is 0 Å². The summed E-state index contributed by atoms with van der Waals surface area (Å²) in [7, 11) is 0. The molecule has 0 radical (unpaired) electrons. The first kappa shape index (κ1) is 12.7. The van der Waals surface area contributed by atoms with E-state index in [4.69, 9.17) is 14.7 Å². The van der Waals surface area contributed by atoms with Gasteiger partial charge in [0.15, 0.2) is 11.5 Å². The number of hydrogen-bond donors (Lipinski definition) is 2. The molecule has 2 N–H and O–H groups in total. The zero-order valence-corrected chi connectivity index (χ0v) is 9.22. The van der Waals surface area contributed by atoms with Gasteiger partial charge in [-0.3, -0.25) is 4.90 Å². The Hall–Kier alpha value is -1.40. The van der Waals surface area contributed by atoms with Gasteiger partial charge in [-0.2, -0.15) is 0 Å². The van der Waals surface area contributed by atoms with E-state index < -0.39 is 5.97 Å². The van der Waals surface area contributed by atoms with E-state index in [-0.39, 0.29) is 12.3 Å². The van der Waals surface area contributed by atoms with Gasteiger partial charge >= 0.3 is 5.97 Å². The number of hydrogen-bond acceptors (Lipinski definition) is 5. The molecule has 0 saturated heterocycles. The van der Waals surface area contributed by atoms with Crippen LogP contribution in [-0.4, -0.2) is 45.9 Å². The smallest absolute Gasteiger partial charge is 0.358 e. The van der Waals surface area contributed by atoms with E-state index in [1.165, 1.54) is 6.07 Å². The molecule has 0 fully saturated rings. The summed E-state index contributed by atoms with van der Waals surface area (Å²) in [5.74, 6) is -0.599. The Labute approximate surface area is 93.5 Å². The van der Waals surface area contributed by atoms with Gasteiger partial charge < -0.3 is 14.7 Å². The molecule has 0 atom stereocenters. The fourth-order valence-electron chi connectivity index (χ4n) is 1.44. The molecule has 1 heterocycles. The van der Waals surface area contributed by atoms with E-state index in [0.29, 0.717) is 18.8 Å². The zero-order valence-electron chi connectivity index (χ0n) is 9.22. The SMILES string of the molecule is CCCN(CCO)Cc1cc(C(=O)O)no1. The Morgan fingerprint density at radius 2 is 2.31 bits per heavy atom. The van der Waals surface area contributed by atoms with Crippen molar-refractivity contribution in [2.45, 2.75) is 19.9 Å². The van der Waals surface area contributed by atoms with Crippen molar-refractivity contribution in [1.82, 2.24) is 10.1 Å². The van der Waals surface area contributed by atoms with Crippen LogP contribution in [0.5, 0.6) is 0 Å². The monoisotopic (exact) mass is 228 g/mol. The lowest BCUT2D eigenvalue weighted by atomic mass is 10.3. The number of carboxylic acids is 1. The predicted molar refractivity (Wildman–Crippen MR) is 56.1 cm³/mol. The minimum atomic E-state index is -1.10. The molecule has 0 unspecified atom stereocenters. The fraction of sp³-hybridized carbons (Fsp3) is 0.600. The molecule has 0 spiro atoms. The van der Waals surface area contributed by atoms with Crippen LogP contribution in [0.2, 0.25) is 0 Å². The quantitative estimate of drug-likeness (QED) is 0.709. The summed E-state index contributed by atoms with van der Waals surface area (Å²) in [4.78, 5) is 12.6. The van der Waals surface area contributed by atoms with Gasteiger partial charge in [0, 0.05) is 12.6 Å². The number of aliphatic hydroxyl groups is 1. The maximum Gasteiger partial charge on any atom is 0.358 e. The van der Waals surface area contributed by atoms with Gasteiger partial charge in [-0.1, -0.05) is 12.1 Å². The summed E-state index contributed by atoms with van der Waals surface area (Å²) in [5, 5.41) is 20.9. The Balaban J connectivity index is 2.58. The maximum absolute atomic E-state index is 10.6. The summed E-state index contributed by atoms with van der Waals surface area (Å²) < 4.78 is 4.89. The first-order chi connectivity index (χ1) is 7.67. The fourth-order valence-corrected chi connectivity index (χ4v) is 1.44. The Morgan fingerprint density at radius 1 is 1.56 bits per heavy atom. The van der Waals surface area contributed by atoms with E-state index >= 15 is 0 Å². The van der Waals surface area contributed by atoms with Crippen LogP contribution in [-0.2, 0) is 6.54 Å². The van der Waals surface area contributed by atoms with Gasteiger partial charge in [-0.05, 0) is 13.0 Å². The highest BCUT2D eigenvalue weighted by atomic mass is 16.5. The van der Waals surface area contributed by atoms with Crippen LogP contribution in [0.3, 0.4) is 0 Å². The van der Waals surface area contributed by atoms with Crippen LogP contribution in [0.1, 0.15) is 29.6 Å². The topological polar surface area (TPSA) is 86.8 Å². The molecule has 6 heteroatoms. The van der Waals surface area contributed by atoms with E-state index in [0.717, 1.165) is 13.0 Å². The molecule has 16 heavy (non-hydrogen) atoms. The second-order valence-electron chi connectivity index (χ2n) is 3.48. The Kier molecular flexibility index (Phi) is 4.94. The van der Waals surface area contributed by atoms with Crippen molar-refractivity contribution in [3.05, 3.63) is 17.5 Å². The van der Waals surface area contributed by atoms with Crippen molar-refractivity contribution in [3.8, 4) is 0 Å². The van der Waals surface area contributed by atoms with Crippen LogP contribution >= 0.6 is 0 Å². The Morgan fingerprint density at radius 3 is 2.81 bits per heavy atom. The van der Waals surface area contributed by atoms with Crippen molar-refractivity contribution in [1.29, 1.82) is 0 Å². The molecular weight excluding hydrogens is 212 g/mol. The number of aromatic carboxylic acids is 1. The second kappa shape index (κ2) is 6.24. The van der Waals surface area contributed by atoms with Crippen molar-refractivity contribution in [2.24, 2.45) is 0 Å². The lowest BCUT2D eigenvalue weighted by Crippen LogP contribution is -2.27. The van der Waals surface area contributed by atoms with Crippen LogP contribution in [0, 0.1) is 0 Å². The van der Waals surface area contributed by atoms with Crippen LogP contribution in [0.25, 0.3) is 0 Å². The van der Waals surface area contributed by atoms with Crippen molar-refractivity contribution in [3.63, 3.8) is 0 Å². The molecule has 90 valence electrons. The predicted octanol–water partition coefficient (Wildman–Crippen LogP) is 0.577. The number of aromatic nitrogens is 1. The largest absolute Gasteiger partial charge is 0.476 e. The van der Waals surface area contributed by atoms with Crippen molar-refractivity contribution < 1.29 is 19.5 Å². The first-order valence-corrected chi connectivity index (χ1v) is 5.19. The summed E-state index contributed by atoms with van der Waals surface area (Å²) >= 11 is 0. The highest BCUT2D eigenvalue weighted by molar-refractivity contribution is 5.85. The standard InChI is InChI=1S/C10H16N2O4/c1-2-3-12(4-5-13)7-8-6-9(10(14)15)11-16-8/h6,13H,2-5,7H2,1H3,(H,14,15). The number of rotatable bonds is 7. The summed E-state index contributed by atoms with van der Waals surface area (Å²) in [5.41, 5.74) is -0.0875. The normalized spacial score (nSPS) is 10.9. The first-order valence-electron chi connectivity index (χ1n) is 5.19. The molecule has 0 aliphatic carbocycles. The summed E-state index contributed by atoms with van der Waals surface area (Å²) in [6.07, 6.45) is 0.958. The minimum absolute atomic E-state index is 0.0694. The summed E-state index contributed by atoms with van der Waals surface area (Å²) in [6, 6.07) is 1.41. The average Bonchev–Trinajstić information content (AvgIpc) is 2.67. The van der Waals surface area contributed by atoms with E-state index in [9.17, 15) is 4.79 Å². The maximum atomic E-state index is 10.6. The minimum Gasteiger partial charge on any atom is -0.476 e. The number of carboxylic acid groups (broad SMARTS) is 1. The van der Waals surface area contributed by atoms with Gasteiger partial charge in [0.25, 0.3) is 0 Å². The van der Waals surface area contributed by atoms with E-state index in [2.05, 4.69) is 5.16 Å². The van der Waals surface area contributed by atoms with Gasteiger partial charge in [-0.15, -0.1) is 0 Å². The molecule has 0 aliphatic heterocycles.